The maximum Gasteiger partial charge on any atom is 0.310 e. The molecule has 0 aromatic rings. The molecular weight excluding hydrogens is 206 g/mol. The first-order valence-electron chi connectivity index (χ1n) is 5.93. The zero-order chi connectivity index (χ0) is 12.3. The fraction of sp³-hybridized carbons (Fsp3) is 0.917. The fourth-order valence-corrected chi connectivity index (χ4v) is 1.95. The van der Waals surface area contributed by atoms with Crippen molar-refractivity contribution in [1.82, 2.24) is 4.90 Å². The van der Waals surface area contributed by atoms with Crippen molar-refractivity contribution in [2.45, 2.75) is 39.7 Å². The monoisotopic (exact) mass is 229 g/mol. The second-order valence-electron chi connectivity index (χ2n) is 5.91. The van der Waals surface area contributed by atoms with Crippen LogP contribution >= 0.6 is 0 Å². The molecule has 0 aromatic heterocycles. The summed E-state index contributed by atoms with van der Waals surface area (Å²) in [6.45, 7) is 8.75. The Hall–Kier alpha value is -0.610. The van der Waals surface area contributed by atoms with Crippen LogP contribution in [-0.4, -0.2) is 46.8 Å². The van der Waals surface area contributed by atoms with Gasteiger partial charge in [-0.05, 0) is 24.8 Å². The van der Waals surface area contributed by atoms with Crippen LogP contribution in [0.5, 0.6) is 0 Å². The number of carbonyl (C=O) groups is 1. The Morgan fingerprint density at radius 2 is 2.06 bits per heavy atom. The van der Waals surface area contributed by atoms with E-state index in [0.29, 0.717) is 13.0 Å². The molecule has 0 aromatic carbocycles. The Morgan fingerprint density at radius 1 is 1.44 bits per heavy atom. The van der Waals surface area contributed by atoms with Crippen LogP contribution in [-0.2, 0) is 4.79 Å². The molecule has 1 saturated heterocycles. The molecule has 2 atom stereocenters. The average molecular weight is 229 g/mol. The van der Waals surface area contributed by atoms with Crippen molar-refractivity contribution >= 4 is 5.97 Å². The first kappa shape index (κ1) is 13.5. The smallest absolute Gasteiger partial charge is 0.310 e. The van der Waals surface area contributed by atoms with E-state index in [2.05, 4.69) is 25.7 Å². The first-order valence-corrected chi connectivity index (χ1v) is 5.93. The zero-order valence-electron chi connectivity index (χ0n) is 10.4. The Labute approximate surface area is 97.3 Å². The Balaban J connectivity index is 2.43. The average Bonchev–Trinajstić information content (AvgIpc) is 2.14. The van der Waals surface area contributed by atoms with Crippen molar-refractivity contribution in [3.63, 3.8) is 0 Å². The minimum atomic E-state index is -0.882. The molecule has 1 rings (SSSR count). The van der Waals surface area contributed by atoms with Crippen LogP contribution in [0.4, 0.5) is 0 Å². The summed E-state index contributed by atoms with van der Waals surface area (Å²) in [5.41, 5.74) is 0.273. The minimum absolute atomic E-state index is 0.273. The quantitative estimate of drug-likeness (QED) is 0.763. The van der Waals surface area contributed by atoms with E-state index in [1.807, 2.05) is 0 Å². The van der Waals surface area contributed by atoms with Crippen molar-refractivity contribution < 1.29 is 15.0 Å². The predicted octanol–water partition coefficient (Wildman–Crippen LogP) is 1.19. The second-order valence-corrected chi connectivity index (χ2v) is 5.91. The number of aliphatic hydroxyl groups excluding tert-OH is 1. The van der Waals surface area contributed by atoms with Crippen LogP contribution in [0.3, 0.4) is 0 Å². The largest absolute Gasteiger partial charge is 0.481 e. The minimum Gasteiger partial charge on any atom is -0.481 e. The van der Waals surface area contributed by atoms with Gasteiger partial charge in [-0.15, -0.1) is 0 Å². The summed E-state index contributed by atoms with van der Waals surface area (Å²) in [5, 5.41) is 18.5. The zero-order valence-corrected chi connectivity index (χ0v) is 10.4. The van der Waals surface area contributed by atoms with Crippen molar-refractivity contribution in [3.05, 3.63) is 0 Å². The molecule has 1 aliphatic rings. The molecule has 1 aliphatic heterocycles. The van der Waals surface area contributed by atoms with Crippen LogP contribution < -0.4 is 0 Å². The summed E-state index contributed by atoms with van der Waals surface area (Å²) >= 11 is 0. The highest BCUT2D eigenvalue weighted by Gasteiger charge is 2.33. The van der Waals surface area contributed by atoms with Gasteiger partial charge >= 0.3 is 5.97 Å². The third kappa shape index (κ3) is 4.10. The van der Waals surface area contributed by atoms with E-state index >= 15 is 0 Å². The number of rotatable bonds is 3. The molecule has 4 heteroatoms. The number of hydrogen-bond acceptors (Lipinski definition) is 3. The normalized spacial score (nSPS) is 28.0. The van der Waals surface area contributed by atoms with Gasteiger partial charge in [0.2, 0.25) is 0 Å². The van der Waals surface area contributed by atoms with Crippen molar-refractivity contribution in [3.8, 4) is 0 Å². The SMILES string of the molecule is CC(C)(C)CCN1CCC(O)C(C(=O)O)C1. The Bertz CT molecular complexity index is 247. The number of aliphatic carboxylic acids is 1. The van der Waals surface area contributed by atoms with Gasteiger partial charge in [0.1, 0.15) is 0 Å². The number of piperidine rings is 1. The van der Waals surface area contributed by atoms with Crippen LogP contribution in [0.1, 0.15) is 33.6 Å². The van der Waals surface area contributed by atoms with Gasteiger partial charge in [0.15, 0.2) is 0 Å². The summed E-state index contributed by atoms with van der Waals surface area (Å²) in [6.07, 6.45) is 0.944. The number of hydrogen-bond donors (Lipinski definition) is 2. The van der Waals surface area contributed by atoms with Gasteiger partial charge in [-0.2, -0.15) is 0 Å². The highest BCUT2D eigenvalue weighted by molar-refractivity contribution is 5.71. The summed E-state index contributed by atoms with van der Waals surface area (Å²) < 4.78 is 0. The van der Waals surface area contributed by atoms with E-state index in [4.69, 9.17) is 5.11 Å². The Kier molecular flexibility index (Phi) is 4.33. The predicted molar refractivity (Wildman–Crippen MR) is 62.3 cm³/mol. The van der Waals surface area contributed by atoms with Gasteiger partial charge in [0, 0.05) is 13.1 Å². The summed E-state index contributed by atoms with van der Waals surface area (Å²) in [4.78, 5) is 13.1. The number of aliphatic hydroxyl groups is 1. The van der Waals surface area contributed by atoms with Crippen molar-refractivity contribution in [1.29, 1.82) is 0 Å². The molecule has 1 fully saturated rings. The summed E-state index contributed by atoms with van der Waals surface area (Å²) in [7, 11) is 0. The van der Waals surface area contributed by atoms with Crippen LogP contribution in [0.15, 0.2) is 0 Å². The lowest BCUT2D eigenvalue weighted by Gasteiger charge is -2.35. The van der Waals surface area contributed by atoms with Gasteiger partial charge < -0.3 is 15.1 Å². The lowest BCUT2D eigenvalue weighted by molar-refractivity contribution is -0.148. The molecule has 0 aliphatic carbocycles. The van der Waals surface area contributed by atoms with Crippen LogP contribution in [0.2, 0.25) is 0 Å². The summed E-state index contributed by atoms with van der Waals surface area (Å²) in [5.74, 6) is -1.50. The van der Waals surface area contributed by atoms with E-state index in [1.54, 1.807) is 0 Å². The van der Waals surface area contributed by atoms with E-state index < -0.39 is 18.0 Å². The molecule has 0 spiro atoms. The lowest BCUT2D eigenvalue weighted by Crippen LogP contribution is -2.47. The third-order valence-corrected chi connectivity index (χ3v) is 3.16. The number of nitrogens with zero attached hydrogens (tertiary/aromatic N) is 1. The molecule has 2 N–H and O–H groups in total. The van der Waals surface area contributed by atoms with E-state index in [9.17, 15) is 9.90 Å². The molecule has 16 heavy (non-hydrogen) atoms. The number of carboxylic acid groups (broad SMARTS) is 1. The lowest BCUT2D eigenvalue weighted by atomic mass is 9.90. The highest BCUT2D eigenvalue weighted by atomic mass is 16.4. The molecule has 2 unspecified atom stereocenters. The second kappa shape index (κ2) is 5.15. The van der Waals surface area contributed by atoms with Gasteiger partial charge in [0.25, 0.3) is 0 Å². The van der Waals surface area contributed by atoms with E-state index in [0.717, 1.165) is 19.5 Å². The molecule has 94 valence electrons. The maximum absolute atomic E-state index is 10.9. The van der Waals surface area contributed by atoms with Gasteiger partial charge in [-0.1, -0.05) is 20.8 Å². The summed E-state index contributed by atoms with van der Waals surface area (Å²) in [6, 6.07) is 0. The fourth-order valence-electron chi connectivity index (χ4n) is 1.95. The molecule has 4 nitrogen and oxygen atoms in total. The third-order valence-electron chi connectivity index (χ3n) is 3.16. The number of likely N-dealkylation sites (tertiary alicyclic amines) is 1. The standard InChI is InChI=1S/C12H23NO3/c1-12(2,3)5-7-13-6-4-10(14)9(8-13)11(15)16/h9-10,14H,4-8H2,1-3H3,(H,15,16). The van der Waals surface area contributed by atoms with Crippen molar-refractivity contribution in [2.75, 3.05) is 19.6 Å². The number of carboxylic acids is 1. The van der Waals surface area contributed by atoms with Gasteiger partial charge in [-0.3, -0.25) is 4.79 Å². The molecule has 1 heterocycles. The van der Waals surface area contributed by atoms with E-state index in [1.165, 1.54) is 0 Å². The molecule has 0 amide bonds. The van der Waals surface area contributed by atoms with Crippen LogP contribution in [0, 0.1) is 11.3 Å². The first-order chi connectivity index (χ1) is 7.29. The molecular formula is C12H23NO3. The van der Waals surface area contributed by atoms with Crippen LogP contribution in [0.25, 0.3) is 0 Å². The van der Waals surface area contributed by atoms with Gasteiger partial charge in [0.05, 0.1) is 12.0 Å². The Morgan fingerprint density at radius 3 is 2.56 bits per heavy atom. The van der Waals surface area contributed by atoms with E-state index in [-0.39, 0.29) is 5.41 Å². The topological polar surface area (TPSA) is 60.8 Å². The van der Waals surface area contributed by atoms with Crippen molar-refractivity contribution in [2.24, 2.45) is 11.3 Å². The molecule has 0 radical (unpaired) electrons. The highest BCUT2D eigenvalue weighted by Crippen LogP contribution is 2.22. The molecule has 0 saturated carbocycles. The maximum atomic E-state index is 10.9. The van der Waals surface area contributed by atoms with Gasteiger partial charge in [-0.25, -0.2) is 0 Å². The molecule has 0 bridgehead atoms.